The summed E-state index contributed by atoms with van der Waals surface area (Å²) >= 11 is 0. The van der Waals surface area contributed by atoms with Gasteiger partial charge in [-0.3, -0.25) is 0 Å². The van der Waals surface area contributed by atoms with Gasteiger partial charge in [0.2, 0.25) is 0 Å². The van der Waals surface area contributed by atoms with Crippen LogP contribution < -0.4 is 11.1 Å². The number of rotatable bonds is 3. The minimum atomic E-state index is -4.47. The SMILES string of the molecule is CN(C)Cc1ccc(NC(N)=O)cc1C(F)(F)F. The predicted octanol–water partition coefficient (Wildman–Crippen LogP) is 2.26. The smallest absolute Gasteiger partial charge is 0.351 e. The van der Waals surface area contributed by atoms with Crippen LogP contribution in [-0.4, -0.2) is 25.0 Å². The van der Waals surface area contributed by atoms with E-state index < -0.39 is 17.8 Å². The number of anilines is 1. The van der Waals surface area contributed by atoms with E-state index >= 15 is 0 Å². The quantitative estimate of drug-likeness (QED) is 0.876. The molecule has 1 rings (SSSR count). The highest BCUT2D eigenvalue weighted by Gasteiger charge is 2.33. The van der Waals surface area contributed by atoms with E-state index in [1.807, 2.05) is 0 Å². The number of halogens is 3. The van der Waals surface area contributed by atoms with Crippen molar-refractivity contribution in [2.45, 2.75) is 12.7 Å². The molecule has 0 aromatic heterocycles. The standard InChI is InChI=1S/C11H14F3N3O/c1-17(2)6-7-3-4-8(16-10(15)18)5-9(7)11(12,13)14/h3-5H,6H2,1-2H3,(H3,15,16,18). The van der Waals surface area contributed by atoms with Gasteiger partial charge in [0.25, 0.3) is 0 Å². The van der Waals surface area contributed by atoms with Gasteiger partial charge in [-0.15, -0.1) is 0 Å². The van der Waals surface area contributed by atoms with E-state index in [4.69, 9.17) is 5.73 Å². The molecule has 0 fully saturated rings. The number of primary amides is 1. The summed E-state index contributed by atoms with van der Waals surface area (Å²) in [6.45, 7) is 0.158. The monoisotopic (exact) mass is 261 g/mol. The summed E-state index contributed by atoms with van der Waals surface area (Å²) in [4.78, 5) is 12.2. The predicted molar refractivity (Wildman–Crippen MR) is 62.0 cm³/mol. The molecule has 0 unspecified atom stereocenters. The third kappa shape index (κ3) is 3.92. The molecule has 1 aromatic rings. The van der Waals surface area contributed by atoms with Crippen LogP contribution in [0.3, 0.4) is 0 Å². The number of carbonyl (C=O) groups excluding carboxylic acids is 1. The van der Waals surface area contributed by atoms with Crippen LogP contribution in [0, 0.1) is 0 Å². The first-order chi connectivity index (χ1) is 8.20. The van der Waals surface area contributed by atoms with E-state index in [2.05, 4.69) is 5.32 Å². The Labute approximate surface area is 103 Å². The molecule has 0 heterocycles. The number of hydrogen-bond donors (Lipinski definition) is 2. The normalized spacial score (nSPS) is 11.7. The van der Waals surface area contributed by atoms with Gasteiger partial charge in [-0.1, -0.05) is 6.07 Å². The van der Waals surface area contributed by atoms with E-state index in [0.717, 1.165) is 6.07 Å². The Balaban J connectivity index is 3.16. The minimum Gasteiger partial charge on any atom is -0.351 e. The van der Waals surface area contributed by atoms with Crippen molar-refractivity contribution in [3.05, 3.63) is 29.3 Å². The molecule has 0 spiro atoms. The number of nitrogens with two attached hydrogens (primary N) is 1. The molecule has 0 saturated carbocycles. The minimum absolute atomic E-state index is 0.0253. The number of amides is 2. The highest BCUT2D eigenvalue weighted by molar-refractivity contribution is 5.87. The Morgan fingerprint density at radius 2 is 2.00 bits per heavy atom. The molecule has 4 nitrogen and oxygen atoms in total. The molecule has 0 aliphatic heterocycles. The largest absolute Gasteiger partial charge is 0.416 e. The Hall–Kier alpha value is -1.76. The van der Waals surface area contributed by atoms with Crippen LogP contribution in [-0.2, 0) is 12.7 Å². The van der Waals surface area contributed by atoms with Crippen LogP contribution in [0.4, 0.5) is 23.7 Å². The summed E-state index contributed by atoms with van der Waals surface area (Å²) < 4.78 is 38.6. The summed E-state index contributed by atoms with van der Waals surface area (Å²) in [6.07, 6.45) is -4.47. The third-order valence-corrected chi connectivity index (χ3v) is 2.17. The van der Waals surface area contributed by atoms with E-state index in [1.54, 1.807) is 19.0 Å². The molecule has 3 N–H and O–H groups in total. The van der Waals surface area contributed by atoms with Gasteiger partial charge in [0, 0.05) is 12.2 Å². The molecule has 100 valence electrons. The average molecular weight is 261 g/mol. The Bertz CT molecular complexity index is 444. The molecule has 0 atom stereocenters. The van der Waals surface area contributed by atoms with Gasteiger partial charge < -0.3 is 16.0 Å². The first-order valence-corrected chi connectivity index (χ1v) is 5.11. The van der Waals surface area contributed by atoms with Crippen LogP contribution >= 0.6 is 0 Å². The van der Waals surface area contributed by atoms with Gasteiger partial charge in [0.1, 0.15) is 0 Å². The second kappa shape index (κ2) is 5.26. The van der Waals surface area contributed by atoms with Crippen molar-refractivity contribution >= 4 is 11.7 Å². The molecule has 2 amide bonds. The maximum atomic E-state index is 12.9. The zero-order valence-corrected chi connectivity index (χ0v) is 10.0. The molecule has 0 aliphatic carbocycles. The lowest BCUT2D eigenvalue weighted by molar-refractivity contribution is -0.138. The first-order valence-electron chi connectivity index (χ1n) is 5.11. The van der Waals surface area contributed by atoms with E-state index in [0.29, 0.717) is 0 Å². The van der Waals surface area contributed by atoms with Crippen LogP contribution in [0.25, 0.3) is 0 Å². The molecular formula is C11H14F3N3O. The van der Waals surface area contributed by atoms with Gasteiger partial charge in [0.05, 0.1) is 5.56 Å². The molecule has 0 radical (unpaired) electrons. The highest BCUT2D eigenvalue weighted by Crippen LogP contribution is 2.34. The third-order valence-electron chi connectivity index (χ3n) is 2.17. The van der Waals surface area contributed by atoms with Crippen LogP contribution in [0.15, 0.2) is 18.2 Å². The Kier molecular flexibility index (Phi) is 4.18. The fraction of sp³-hybridized carbons (Fsp3) is 0.364. The first kappa shape index (κ1) is 14.3. The Morgan fingerprint density at radius 3 is 2.44 bits per heavy atom. The van der Waals surface area contributed by atoms with Crippen molar-refractivity contribution in [1.29, 1.82) is 0 Å². The van der Waals surface area contributed by atoms with Crippen molar-refractivity contribution < 1.29 is 18.0 Å². The molecule has 1 aromatic carbocycles. The van der Waals surface area contributed by atoms with Crippen molar-refractivity contribution in [1.82, 2.24) is 4.90 Å². The second-order valence-electron chi connectivity index (χ2n) is 4.10. The van der Waals surface area contributed by atoms with Crippen molar-refractivity contribution in [2.24, 2.45) is 5.73 Å². The number of benzene rings is 1. The van der Waals surface area contributed by atoms with E-state index in [1.165, 1.54) is 12.1 Å². The van der Waals surface area contributed by atoms with E-state index in [-0.39, 0.29) is 17.8 Å². The number of carbonyl (C=O) groups is 1. The lowest BCUT2D eigenvalue weighted by Crippen LogP contribution is -2.21. The summed E-state index contributed by atoms with van der Waals surface area (Å²) in [5, 5.41) is 2.12. The van der Waals surface area contributed by atoms with Gasteiger partial charge in [-0.25, -0.2) is 4.79 Å². The zero-order valence-electron chi connectivity index (χ0n) is 10.0. The van der Waals surface area contributed by atoms with Crippen molar-refractivity contribution in [3.8, 4) is 0 Å². The number of nitrogens with one attached hydrogen (secondary N) is 1. The van der Waals surface area contributed by atoms with Crippen molar-refractivity contribution in [3.63, 3.8) is 0 Å². The summed E-state index contributed by atoms with van der Waals surface area (Å²) in [5.41, 5.74) is 4.25. The average Bonchev–Trinajstić information content (AvgIpc) is 2.17. The number of nitrogens with zero attached hydrogens (tertiary/aromatic N) is 1. The molecule has 18 heavy (non-hydrogen) atoms. The lowest BCUT2D eigenvalue weighted by Gasteiger charge is -2.17. The summed E-state index contributed by atoms with van der Waals surface area (Å²) in [5.74, 6) is 0. The summed E-state index contributed by atoms with van der Waals surface area (Å²) in [7, 11) is 3.35. The second-order valence-corrected chi connectivity index (χ2v) is 4.10. The number of alkyl halides is 3. The van der Waals surface area contributed by atoms with Crippen molar-refractivity contribution in [2.75, 3.05) is 19.4 Å². The highest BCUT2D eigenvalue weighted by atomic mass is 19.4. The number of hydrogen-bond acceptors (Lipinski definition) is 2. The van der Waals surface area contributed by atoms with Crippen LogP contribution in [0.2, 0.25) is 0 Å². The molecule has 0 bridgehead atoms. The van der Waals surface area contributed by atoms with Gasteiger partial charge in [-0.2, -0.15) is 13.2 Å². The number of urea groups is 1. The van der Waals surface area contributed by atoms with Crippen LogP contribution in [0.1, 0.15) is 11.1 Å². The van der Waals surface area contributed by atoms with Crippen LogP contribution in [0.5, 0.6) is 0 Å². The van der Waals surface area contributed by atoms with E-state index in [9.17, 15) is 18.0 Å². The fourth-order valence-corrected chi connectivity index (χ4v) is 1.54. The Morgan fingerprint density at radius 1 is 1.39 bits per heavy atom. The molecule has 0 aliphatic rings. The van der Waals surface area contributed by atoms with Gasteiger partial charge >= 0.3 is 12.2 Å². The zero-order chi connectivity index (χ0) is 13.9. The topological polar surface area (TPSA) is 58.4 Å². The van der Waals surface area contributed by atoms with Gasteiger partial charge in [-0.05, 0) is 31.8 Å². The maximum Gasteiger partial charge on any atom is 0.416 e. The molecule has 7 heteroatoms. The van der Waals surface area contributed by atoms with Gasteiger partial charge in [0.15, 0.2) is 0 Å². The molecular weight excluding hydrogens is 247 g/mol. The molecule has 0 saturated heterocycles. The maximum absolute atomic E-state index is 12.9. The lowest BCUT2D eigenvalue weighted by atomic mass is 10.1. The fourth-order valence-electron chi connectivity index (χ4n) is 1.54. The summed E-state index contributed by atoms with van der Waals surface area (Å²) in [6, 6.07) is 2.69.